The summed E-state index contributed by atoms with van der Waals surface area (Å²) in [5.74, 6) is -1.95. The van der Waals surface area contributed by atoms with Crippen LogP contribution in [0.3, 0.4) is 0 Å². The average Bonchev–Trinajstić information content (AvgIpc) is 3.08. The molecule has 24 heavy (non-hydrogen) atoms. The van der Waals surface area contributed by atoms with Gasteiger partial charge < -0.3 is 10.0 Å². The Morgan fingerprint density at radius 1 is 1.38 bits per heavy atom. The van der Waals surface area contributed by atoms with E-state index >= 15 is 0 Å². The number of amides is 1. The minimum Gasteiger partial charge on any atom is -0.480 e. The number of hydrogen-bond acceptors (Lipinski definition) is 3. The highest BCUT2D eigenvalue weighted by molar-refractivity contribution is 5.95. The zero-order valence-corrected chi connectivity index (χ0v) is 13.5. The van der Waals surface area contributed by atoms with Gasteiger partial charge in [-0.15, -0.1) is 0 Å². The summed E-state index contributed by atoms with van der Waals surface area (Å²) >= 11 is 0. The van der Waals surface area contributed by atoms with Crippen LogP contribution >= 0.6 is 0 Å². The number of carboxylic acids is 1. The number of carbonyl (C=O) groups is 2. The lowest BCUT2D eigenvalue weighted by Crippen LogP contribution is -2.32. The van der Waals surface area contributed by atoms with Crippen molar-refractivity contribution in [2.45, 2.75) is 26.2 Å². The summed E-state index contributed by atoms with van der Waals surface area (Å²) in [7, 11) is 1.42. The Morgan fingerprint density at radius 2 is 2.12 bits per heavy atom. The third-order valence-electron chi connectivity index (χ3n) is 4.18. The van der Waals surface area contributed by atoms with Crippen molar-refractivity contribution in [3.8, 4) is 5.69 Å². The van der Waals surface area contributed by atoms with E-state index in [1.54, 1.807) is 19.1 Å². The second kappa shape index (κ2) is 6.07. The highest BCUT2D eigenvalue weighted by atomic mass is 19.1. The molecule has 3 rings (SSSR count). The molecule has 6 nitrogen and oxygen atoms in total. The summed E-state index contributed by atoms with van der Waals surface area (Å²) in [6.07, 6.45) is 2.26. The molecule has 1 N–H and O–H groups in total. The van der Waals surface area contributed by atoms with Gasteiger partial charge in [0.2, 0.25) is 0 Å². The lowest BCUT2D eigenvalue weighted by molar-refractivity contribution is -0.137. The molecule has 1 aromatic heterocycles. The molecule has 126 valence electrons. The minimum absolute atomic E-state index is 0.214. The number of nitrogens with zero attached hydrogens (tertiary/aromatic N) is 3. The lowest BCUT2D eigenvalue weighted by Gasteiger charge is -2.13. The molecule has 0 saturated heterocycles. The molecule has 0 bridgehead atoms. The number of likely N-dealkylation sites (N-methyl/N-ethyl adjacent to an activating group) is 1. The fourth-order valence-corrected chi connectivity index (χ4v) is 3.05. The fourth-order valence-electron chi connectivity index (χ4n) is 3.05. The molecule has 1 aliphatic carbocycles. The number of fused-ring (bicyclic) bond motifs is 1. The van der Waals surface area contributed by atoms with Gasteiger partial charge in [-0.1, -0.05) is 6.07 Å². The number of halogens is 1. The van der Waals surface area contributed by atoms with Crippen molar-refractivity contribution >= 4 is 11.9 Å². The van der Waals surface area contributed by atoms with Gasteiger partial charge in [0, 0.05) is 18.3 Å². The summed E-state index contributed by atoms with van der Waals surface area (Å²) in [6, 6.07) is 4.86. The number of aryl methyl sites for hydroxylation is 1. The van der Waals surface area contributed by atoms with E-state index in [2.05, 4.69) is 5.10 Å². The van der Waals surface area contributed by atoms with Crippen LogP contribution in [0.1, 0.15) is 33.7 Å². The first-order valence-corrected chi connectivity index (χ1v) is 7.73. The molecule has 1 amide bonds. The number of rotatable bonds is 4. The Bertz CT molecular complexity index is 829. The highest BCUT2D eigenvalue weighted by Gasteiger charge is 2.29. The van der Waals surface area contributed by atoms with Crippen LogP contribution in [0.5, 0.6) is 0 Å². The molecule has 1 aliphatic rings. The van der Waals surface area contributed by atoms with Gasteiger partial charge in [0.25, 0.3) is 5.91 Å². The van der Waals surface area contributed by atoms with Crippen molar-refractivity contribution in [1.29, 1.82) is 0 Å². The molecule has 7 heteroatoms. The summed E-state index contributed by atoms with van der Waals surface area (Å²) in [6.45, 7) is 1.40. The zero-order chi connectivity index (χ0) is 17.4. The first-order chi connectivity index (χ1) is 11.4. The van der Waals surface area contributed by atoms with Crippen molar-refractivity contribution in [2.24, 2.45) is 0 Å². The number of benzene rings is 1. The van der Waals surface area contributed by atoms with Crippen molar-refractivity contribution in [3.63, 3.8) is 0 Å². The van der Waals surface area contributed by atoms with Crippen molar-refractivity contribution in [3.05, 3.63) is 46.5 Å². The third kappa shape index (κ3) is 2.77. The summed E-state index contributed by atoms with van der Waals surface area (Å²) in [5.41, 5.74) is 2.93. The molecular weight excluding hydrogens is 313 g/mol. The molecule has 0 fully saturated rings. The predicted molar refractivity (Wildman–Crippen MR) is 84.9 cm³/mol. The van der Waals surface area contributed by atoms with Crippen LogP contribution in [0.2, 0.25) is 0 Å². The Hall–Kier alpha value is -2.70. The molecule has 0 unspecified atom stereocenters. The van der Waals surface area contributed by atoms with Crippen molar-refractivity contribution in [2.75, 3.05) is 13.6 Å². The van der Waals surface area contributed by atoms with E-state index in [0.717, 1.165) is 28.1 Å². The van der Waals surface area contributed by atoms with Crippen molar-refractivity contribution < 1.29 is 19.1 Å². The number of carboxylic acid groups (broad SMARTS) is 1. The number of carbonyl (C=O) groups excluding carboxylic acids is 1. The smallest absolute Gasteiger partial charge is 0.323 e. The van der Waals surface area contributed by atoms with Gasteiger partial charge in [0.05, 0.1) is 0 Å². The Labute approximate surface area is 138 Å². The SMILES string of the molecule is Cc1ccc(-n2nc(C(=O)N(C)CC(=O)O)c3c2CCC3)c(F)c1. The number of aliphatic carboxylic acids is 1. The van der Waals surface area contributed by atoms with Gasteiger partial charge in [-0.2, -0.15) is 5.10 Å². The molecule has 1 aromatic carbocycles. The molecule has 1 heterocycles. The van der Waals surface area contributed by atoms with Crippen LogP contribution in [-0.2, 0) is 17.6 Å². The van der Waals surface area contributed by atoms with E-state index in [9.17, 15) is 14.0 Å². The molecule has 0 radical (unpaired) electrons. The maximum Gasteiger partial charge on any atom is 0.323 e. The van der Waals surface area contributed by atoms with Crippen molar-refractivity contribution in [1.82, 2.24) is 14.7 Å². The monoisotopic (exact) mass is 331 g/mol. The number of aromatic nitrogens is 2. The van der Waals surface area contributed by atoms with Gasteiger partial charge in [0.15, 0.2) is 5.69 Å². The maximum absolute atomic E-state index is 14.3. The zero-order valence-electron chi connectivity index (χ0n) is 13.5. The first kappa shape index (κ1) is 16.2. The van der Waals surface area contributed by atoms with Crippen LogP contribution in [0.15, 0.2) is 18.2 Å². The third-order valence-corrected chi connectivity index (χ3v) is 4.18. The highest BCUT2D eigenvalue weighted by Crippen LogP contribution is 2.29. The van der Waals surface area contributed by atoms with Crippen LogP contribution in [0.25, 0.3) is 5.69 Å². The Kier molecular flexibility index (Phi) is 4.09. The molecule has 0 atom stereocenters. The van der Waals surface area contributed by atoms with Gasteiger partial charge >= 0.3 is 5.97 Å². The van der Waals surface area contributed by atoms with Crippen LogP contribution in [-0.4, -0.2) is 45.3 Å². The van der Waals surface area contributed by atoms with Crippen LogP contribution < -0.4 is 0 Å². The van der Waals surface area contributed by atoms with E-state index in [1.807, 2.05) is 0 Å². The molecule has 2 aromatic rings. The second-order valence-corrected chi connectivity index (χ2v) is 6.05. The van der Waals surface area contributed by atoms with E-state index < -0.39 is 24.2 Å². The quantitative estimate of drug-likeness (QED) is 0.929. The Balaban J connectivity index is 2.05. The standard InChI is InChI=1S/C17H18FN3O3/c1-10-6-7-14(12(18)8-10)21-13-5-3-4-11(13)16(19-21)17(24)20(2)9-15(22)23/h6-8H,3-5,9H2,1-2H3,(H,22,23). The first-order valence-electron chi connectivity index (χ1n) is 7.73. The Morgan fingerprint density at radius 3 is 2.79 bits per heavy atom. The molecular formula is C17H18FN3O3. The second-order valence-electron chi connectivity index (χ2n) is 6.05. The van der Waals surface area contributed by atoms with Gasteiger partial charge in [-0.05, 0) is 43.9 Å². The minimum atomic E-state index is -1.09. The van der Waals surface area contributed by atoms with Gasteiger partial charge in [-0.3, -0.25) is 9.59 Å². The van der Waals surface area contributed by atoms with E-state index in [4.69, 9.17) is 5.11 Å². The van der Waals surface area contributed by atoms with Crippen LogP contribution in [0.4, 0.5) is 4.39 Å². The predicted octanol–water partition coefficient (Wildman–Crippen LogP) is 1.97. The van der Waals surface area contributed by atoms with Gasteiger partial charge in [-0.25, -0.2) is 9.07 Å². The normalized spacial score (nSPS) is 13.0. The molecule has 0 aliphatic heterocycles. The average molecular weight is 331 g/mol. The fraction of sp³-hybridized carbons (Fsp3) is 0.353. The lowest BCUT2D eigenvalue weighted by atomic mass is 10.2. The largest absolute Gasteiger partial charge is 0.480 e. The van der Waals surface area contributed by atoms with E-state index in [0.29, 0.717) is 18.5 Å². The van der Waals surface area contributed by atoms with E-state index in [1.165, 1.54) is 17.8 Å². The summed E-state index contributed by atoms with van der Waals surface area (Å²) < 4.78 is 15.8. The molecule has 0 spiro atoms. The number of hydrogen-bond donors (Lipinski definition) is 1. The molecule has 0 saturated carbocycles. The van der Waals surface area contributed by atoms with E-state index in [-0.39, 0.29) is 5.69 Å². The topological polar surface area (TPSA) is 75.4 Å². The van der Waals surface area contributed by atoms with Crippen LogP contribution in [0, 0.1) is 12.7 Å². The summed E-state index contributed by atoms with van der Waals surface area (Å²) in [4.78, 5) is 24.4. The summed E-state index contributed by atoms with van der Waals surface area (Å²) in [5, 5.41) is 13.2. The maximum atomic E-state index is 14.3. The van der Waals surface area contributed by atoms with Gasteiger partial charge in [0.1, 0.15) is 18.0 Å².